The van der Waals surface area contributed by atoms with E-state index in [-0.39, 0.29) is 17.3 Å². The lowest BCUT2D eigenvalue weighted by Gasteiger charge is -2.07. The molecule has 4 nitrogen and oxygen atoms in total. The van der Waals surface area contributed by atoms with Crippen LogP contribution < -0.4 is 11.5 Å². The van der Waals surface area contributed by atoms with E-state index >= 15 is 0 Å². The summed E-state index contributed by atoms with van der Waals surface area (Å²) in [6.07, 6.45) is 0.564. The van der Waals surface area contributed by atoms with Gasteiger partial charge in [-0.1, -0.05) is 13.8 Å². The monoisotopic (exact) mass is 237 g/mol. The quantitative estimate of drug-likeness (QED) is 0.616. The van der Waals surface area contributed by atoms with Crippen LogP contribution in [0.2, 0.25) is 0 Å². The zero-order valence-electron chi connectivity index (χ0n) is 9.90. The Bertz CT molecular complexity index is 451. The number of halogens is 1. The molecule has 1 aromatic carbocycles. The third kappa shape index (κ3) is 3.86. The number of carbonyl (C=O) groups is 1. The highest BCUT2D eigenvalue weighted by Gasteiger charge is 2.10. The Morgan fingerprint density at radius 2 is 2.06 bits per heavy atom. The first kappa shape index (κ1) is 13.2. The van der Waals surface area contributed by atoms with E-state index in [1.807, 2.05) is 13.8 Å². The molecule has 1 aromatic rings. The first-order valence-electron chi connectivity index (χ1n) is 5.32. The van der Waals surface area contributed by atoms with Crippen molar-refractivity contribution in [3.63, 3.8) is 0 Å². The molecule has 0 aromatic heterocycles. The summed E-state index contributed by atoms with van der Waals surface area (Å²) < 4.78 is 13.5. The van der Waals surface area contributed by atoms with E-state index < -0.39 is 5.91 Å². The van der Waals surface area contributed by atoms with Crippen molar-refractivity contribution in [2.24, 2.45) is 22.4 Å². The van der Waals surface area contributed by atoms with E-state index in [9.17, 15) is 9.18 Å². The van der Waals surface area contributed by atoms with Gasteiger partial charge in [-0.2, -0.15) is 4.99 Å². The standard InChI is InChI=1S/C12H16FN3O/c1-7(2)5-9-6-8(3-4-10(9)13)11(17)16-12(14)15/h3-4,6-7H,5H2,1-2H3,(H4,14,15,16,17). The maximum atomic E-state index is 13.5. The van der Waals surface area contributed by atoms with E-state index in [1.165, 1.54) is 18.2 Å². The number of benzene rings is 1. The SMILES string of the molecule is CC(C)Cc1cc(C(=O)N=C(N)N)ccc1F. The number of nitrogens with two attached hydrogens (primary N) is 2. The summed E-state index contributed by atoms with van der Waals surface area (Å²) in [6.45, 7) is 3.95. The molecule has 0 aliphatic rings. The minimum atomic E-state index is -0.560. The predicted molar refractivity (Wildman–Crippen MR) is 65.1 cm³/mol. The van der Waals surface area contributed by atoms with Crippen molar-refractivity contribution in [3.8, 4) is 0 Å². The summed E-state index contributed by atoms with van der Waals surface area (Å²) in [7, 11) is 0. The minimum Gasteiger partial charge on any atom is -0.370 e. The van der Waals surface area contributed by atoms with E-state index in [4.69, 9.17) is 11.5 Å². The Hall–Kier alpha value is -1.91. The third-order valence-electron chi connectivity index (χ3n) is 2.15. The van der Waals surface area contributed by atoms with Crippen LogP contribution in [-0.4, -0.2) is 11.9 Å². The highest BCUT2D eigenvalue weighted by Crippen LogP contribution is 2.15. The van der Waals surface area contributed by atoms with Crippen molar-refractivity contribution < 1.29 is 9.18 Å². The number of guanidine groups is 1. The van der Waals surface area contributed by atoms with E-state index in [0.29, 0.717) is 17.9 Å². The van der Waals surface area contributed by atoms with Crippen molar-refractivity contribution in [2.45, 2.75) is 20.3 Å². The lowest BCUT2D eigenvalue weighted by molar-refractivity contribution is 0.100. The highest BCUT2D eigenvalue weighted by atomic mass is 19.1. The summed E-state index contributed by atoms with van der Waals surface area (Å²) in [5, 5.41) is 0. The smallest absolute Gasteiger partial charge is 0.280 e. The van der Waals surface area contributed by atoms with Crippen molar-refractivity contribution in [1.29, 1.82) is 0 Å². The molecule has 0 bridgehead atoms. The van der Waals surface area contributed by atoms with Gasteiger partial charge in [0, 0.05) is 5.56 Å². The maximum Gasteiger partial charge on any atom is 0.280 e. The van der Waals surface area contributed by atoms with Crippen molar-refractivity contribution in [3.05, 3.63) is 35.1 Å². The molecule has 0 unspecified atom stereocenters. The Kier molecular flexibility index (Phi) is 4.20. The summed E-state index contributed by atoms with van der Waals surface area (Å²) in [6, 6.07) is 4.12. The molecule has 1 amide bonds. The highest BCUT2D eigenvalue weighted by molar-refractivity contribution is 6.01. The second-order valence-corrected chi connectivity index (χ2v) is 4.25. The van der Waals surface area contributed by atoms with Crippen LogP contribution in [0.15, 0.2) is 23.2 Å². The lowest BCUT2D eigenvalue weighted by atomic mass is 10.0. The first-order chi connectivity index (χ1) is 7.90. The van der Waals surface area contributed by atoms with Gasteiger partial charge in [0.15, 0.2) is 5.96 Å². The Labute approximate surface area is 99.5 Å². The Morgan fingerprint density at radius 3 is 2.59 bits per heavy atom. The Morgan fingerprint density at radius 1 is 1.41 bits per heavy atom. The average Bonchev–Trinajstić information content (AvgIpc) is 2.19. The van der Waals surface area contributed by atoms with Crippen LogP contribution in [0.3, 0.4) is 0 Å². The molecule has 17 heavy (non-hydrogen) atoms. The molecule has 0 radical (unpaired) electrons. The van der Waals surface area contributed by atoms with Gasteiger partial charge in [0.2, 0.25) is 0 Å². The minimum absolute atomic E-state index is 0.287. The molecule has 92 valence electrons. The van der Waals surface area contributed by atoms with Gasteiger partial charge < -0.3 is 11.5 Å². The topological polar surface area (TPSA) is 81.5 Å². The van der Waals surface area contributed by atoms with Crippen molar-refractivity contribution >= 4 is 11.9 Å². The molecule has 0 fully saturated rings. The number of nitrogens with zero attached hydrogens (tertiary/aromatic N) is 1. The molecule has 0 aliphatic carbocycles. The molecular weight excluding hydrogens is 221 g/mol. The molecule has 0 atom stereocenters. The second-order valence-electron chi connectivity index (χ2n) is 4.25. The van der Waals surface area contributed by atoms with Crippen LogP contribution in [0, 0.1) is 11.7 Å². The van der Waals surface area contributed by atoms with Gasteiger partial charge in [0.05, 0.1) is 0 Å². The molecule has 0 saturated heterocycles. The number of aliphatic imine (C=N–C) groups is 1. The van der Waals surface area contributed by atoms with Crippen LogP contribution in [0.1, 0.15) is 29.8 Å². The molecule has 1 rings (SSSR count). The fourth-order valence-corrected chi connectivity index (χ4v) is 1.49. The van der Waals surface area contributed by atoms with Gasteiger partial charge >= 0.3 is 0 Å². The van der Waals surface area contributed by atoms with Gasteiger partial charge in [0.1, 0.15) is 5.82 Å². The average molecular weight is 237 g/mol. The summed E-state index contributed by atoms with van der Waals surface area (Å²) in [5.74, 6) is -0.877. The van der Waals surface area contributed by atoms with Crippen LogP contribution >= 0.6 is 0 Å². The van der Waals surface area contributed by atoms with Gasteiger partial charge in [-0.25, -0.2) is 4.39 Å². The molecule has 0 aliphatic heterocycles. The van der Waals surface area contributed by atoms with Crippen molar-refractivity contribution in [2.75, 3.05) is 0 Å². The molecule has 5 heteroatoms. The molecule has 0 heterocycles. The maximum absolute atomic E-state index is 13.5. The second kappa shape index (κ2) is 5.43. The normalized spacial score (nSPS) is 10.4. The molecular formula is C12H16FN3O. The van der Waals surface area contributed by atoms with E-state index in [0.717, 1.165) is 0 Å². The zero-order valence-corrected chi connectivity index (χ0v) is 9.90. The largest absolute Gasteiger partial charge is 0.370 e. The van der Waals surface area contributed by atoms with E-state index in [1.54, 1.807) is 0 Å². The van der Waals surface area contributed by atoms with Crippen LogP contribution in [-0.2, 0) is 6.42 Å². The predicted octanol–water partition coefficient (Wildman–Crippen LogP) is 1.44. The van der Waals surface area contributed by atoms with Crippen molar-refractivity contribution in [1.82, 2.24) is 0 Å². The summed E-state index contributed by atoms with van der Waals surface area (Å²) >= 11 is 0. The lowest BCUT2D eigenvalue weighted by Crippen LogP contribution is -2.24. The van der Waals surface area contributed by atoms with Gasteiger partial charge in [0.25, 0.3) is 5.91 Å². The third-order valence-corrected chi connectivity index (χ3v) is 2.15. The number of carbonyl (C=O) groups excluding carboxylic acids is 1. The van der Waals surface area contributed by atoms with Crippen LogP contribution in [0.5, 0.6) is 0 Å². The number of hydrogen-bond acceptors (Lipinski definition) is 1. The number of amides is 1. The zero-order chi connectivity index (χ0) is 13.0. The van der Waals surface area contributed by atoms with Crippen LogP contribution in [0.25, 0.3) is 0 Å². The Balaban J connectivity index is 3.04. The molecule has 0 saturated carbocycles. The van der Waals surface area contributed by atoms with E-state index in [2.05, 4.69) is 4.99 Å². The molecule has 0 spiro atoms. The fourth-order valence-electron chi connectivity index (χ4n) is 1.49. The summed E-state index contributed by atoms with van der Waals surface area (Å²) in [4.78, 5) is 14.9. The number of rotatable bonds is 3. The number of hydrogen-bond donors (Lipinski definition) is 2. The van der Waals surface area contributed by atoms with Gasteiger partial charge in [-0.15, -0.1) is 0 Å². The summed E-state index contributed by atoms with van der Waals surface area (Å²) in [5.41, 5.74) is 11.0. The molecule has 4 N–H and O–H groups in total. The van der Waals surface area contributed by atoms with Crippen LogP contribution in [0.4, 0.5) is 4.39 Å². The van der Waals surface area contributed by atoms with Gasteiger partial charge in [-0.05, 0) is 36.1 Å². The van der Waals surface area contributed by atoms with Gasteiger partial charge in [-0.3, -0.25) is 4.79 Å². The first-order valence-corrected chi connectivity index (χ1v) is 5.32. The fraction of sp³-hybridized carbons (Fsp3) is 0.333.